The van der Waals surface area contributed by atoms with Crippen molar-refractivity contribution in [1.29, 1.82) is 0 Å². The quantitative estimate of drug-likeness (QED) is 0.751. The molecule has 1 aromatic heterocycles. The van der Waals surface area contributed by atoms with Crippen molar-refractivity contribution in [2.75, 3.05) is 13.2 Å². The van der Waals surface area contributed by atoms with E-state index in [-0.39, 0.29) is 18.3 Å². The van der Waals surface area contributed by atoms with Gasteiger partial charge in [-0.25, -0.2) is 4.98 Å². The summed E-state index contributed by atoms with van der Waals surface area (Å²) in [7, 11) is -0.381. The first-order valence-corrected chi connectivity index (χ1v) is 6.86. The van der Waals surface area contributed by atoms with Crippen LogP contribution in [0.5, 0.6) is 0 Å². The molecule has 0 bridgehead atoms. The zero-order valence-electron chi connectivity index (χ0n) is 12.0. The Labute approximate surface area is 114 Å². The van der Waals surface area contributed by atoms with Crippen LogP contribution in [-0.4, -0.2) is 41.1 Å². The van der Waals surface area contributed by atoms with Crippen molar-refractivity contribution in [2.45, 2.75) is 51.4 Å². The van der Waals surface area contributed by atoms with E-state index in [0.717, 1.165) is 25.2 Å². The van der Waals surface area contributed by atoms with E-state index in [2.05, 4.69) is 37.2 Å². The molecule has 5 nitrogen and oxygen atoms in total. The van der Waals surface area contributed by atoms with Crippen LogP contribution >= 0.6 is 0 Å². The van der Waals surface area contributed by atoms with E-state index in [1.54, 1.807) is 0 Å². The lowest BCUT2D eigenvalue weighted by Crippen LogP contribution is -2.41. The van der Waals surface area contributed by atoms with Crippen molar-refractivity contribution >= 4 is 12.7 Å². The standard InChI is InChI=1S/C13H21BN2O3/c1-12(2)13(3,4)19-14(18-12)11-7-16(9-15-11)10-5-6-17-8-10/h7,9-10H,5-6,8H2,1-4H3. The topological polar surface area (TPSA) is 45.5 Å². The van der Waals surface area contributed by atoms with Crippen LogP contribution in [0.4, 0.5) is 0 Å². The van der Waals surface area contributed by atoms with Crippen molar-refractivity contribution < 1.29 is 14.0 Å². The molecule has 6 heteroatoms. The first-order chi connectivity index (χ1) is 8.89. The second-order valence-electron chi connectivity index (χ2n) is 6.35. The van der Waals surface area contributed by atoms with Crippen molar-refractivity contribution in [2.24, 2.45) is 0 Å². The van der Waals surface area contributed by atoms with E-state index >= 15 is 0 Å². The highest BCUT2D eigenvalue weighted by atomic mass is 16.7. The fraction of sp³-hybridized carbons (Fsp3) is 0.769. The number of aromatic nitrogens is 2. The molecule has 19 heavy (non-hydrogen) atoms. The summed E-state index contributed by atoms with van der Waals surface area (Å²) in [5.74, 6) is 0. The second kappa shape index (κ2) is 4.33. The smallest absolute Gasteiger partial charge is 0.398 e. The molecular weight excluding hydrogens is 243 g/mol. The molecule has 0 radical (unpaired) electrons. The Balaban J connectivity index is 1.77. The number of hydrogen-bond donors (Lipinski definition) is 0. The van der Waals surface area contributed by atoms with Crippen LogP contribution in [0.15, 0.2) is 12.5 Å². The van der Waals surface area contributed by atoms with Gasteiger partial charge in [0.25, 0.3) is 0 Å². The molecule has 0 spiro atoms. The maximum absolute atomic E-state index is 6.00. The van der Waals surface area contributed by atoms with E-state index in [1.807, 2.05) is 12.5 Å². The highest BCUT2D eigenvalue weighted by Gasteiger charge is 2.52. The molecule has 2 aliphatic rings. The van der Waals surface area contributed by atoms with Crippen LogP contribution in [0.2, 0.25) is 0 Å². The minimum absolute atomic E-state index is 0.322. The molecule has 2 aliphatic heterocycles. The van der Waals surface area contributed by atoms with E-state index in [1.165, 1.54) is 0 Å². The summed E-state index contributed by atoms with van der Waals surface area (Å²) in [6.45, 7) is 9.79. The Kier molecular flexibility index (Phi) is 3.00. The van der Waals surface area contributed by atoms with Crippen LogP contribution < -0.4 is 5.59 Å². The molecule has 104 valence electrons. The summed E-state index contributed by atoms with van der Waals surface area (Å²) in [6, 6.07) is 0.392. The largest absolute Gasteiger partial charge is 0.516 e. The lowest BCUT2D eigenvalue weighted by Gasteiger charge is -2.32. The first-order valence-electron chi connectivity index (χ1n) is 6.86. The molecule has 0 aliphatic carbocycles. The van der Waals surface area contributed by atoms with Gasteiger partial charge in [-0.1, -0.05) is 0 Å². The summed E-state index contributed by atoms with van der Waals surface area (Å²) in [4.78, 5) is 4.43. The third-order valence-electron chi connectivity index (χ3n) is 4.44. The molecule has 1 unspecified atom stereocenters. The van der Waals surface area contributed by atoms with Crippen LogP contribution in [0.25, 0.3) is 0 Å². The van der Waals surface area contributed by atoms with E-state index < -0.39 is 0 Å². The van der Waals surface area contributed by atoms with Gasteiger partial charge in [0.15, 0.2) is 0 Å². The van der Waals surface area contributed by atoms with Gasteiger partial charge in [0.05, 0.1) is 35.8 Å². The van der Waals surface area contributed by atoms with E-state index in [0.29, 0.717) is 6.04 Å². The number of rotatable bonds is 2. The van der Waals surface area contributed by atoms with Gasteiger partial charge in [-0.05, 0) is 34.1 Å². The second-order valence-corrected chi connectivity index (χ2v) is 6.35. The van der Waals surface area contributed by atoms with E-state index in [9.17, 15) is 0 Å². The normalized spacial score (nSPS) is 29.1. The Bertz CT molecular complexity index is 450. The van der Waals surface area contributed by atoms with Gasteiger partial charge in [0.1, 0.15) is 0 Å². The zero-order chi connectivity index (χ0) is 13.7. The van der Waals surface area contributed by atoms with Gasteiger partial charge < -0.3 is 18.6 Å². The van der Waals surface area contributed by atoms with Gasteiger partial charge in [-0.15, -0.1) is 0 Å². The third kappa shape index (κ3) is 2.22. The summed E-state index contributed by atoms with van der Waals surface area (Å²) in [5, 5.41) is 0. The number of nitrogens with zero attached hydrogens (tertiary/aromatic N) is 2. The number of ether oxygens (including phenoxy) is 1. The average molecular weight is 264 g/mol. The molecular formula is C13H21BN2O3. The van der Waals surface area contributed by atoms with Crippen LogP contribution in [0, 0.1) is 0 Å². The Morgan fingerprint density at radius 3 is 2.53 bits per heavy atom. The lowest BCUT2D eigenvalue weighted by atomic mass is 9.86. The first kappa shape index (κ1) is 13.2. The monoisotopic (exact) mass is 264 g/mol. The zero-order valence-corrected chi connectivity index (χ0v) is 12.0. The minimum atomic E-state index is -0.381. The summed E-state index contributed by atoms with van der Waals surface area (Å²) in [6.07, 6.45) is 4.90. The predicted octanol–water partition coefficient (Wildman–Crippen LogP) is 1.14. The van der Waals surface area contributed by atoms with Crippen molar-refractivity contribution in [1.82, 2.24) is 9.55 Å². The van der Waals surface area contributed by atoms with Gasteiger partial charge in [0, 0.05) is 12.8 Å². The van der Waals surface area contributed by atoms with Crippen LogP contribution in [0.1, 0.15) is 40.2 Å². The molecule has 3 heterocycles. The summed E-state index contributed by atoms with van der Waals surface area (Å²) >= 11 is 0. The van der Waals surface area contributed by atoms with Crippen molar-refractivity contribution in [3.05, 3.63) is 12.5 Å². The summed E-state index contributed by atoms with van der Waals surface area (Å²) in [5.41, 5.74) is 0.195. The SMILES string of the molecule is CC1(C)OB(c2cn(C3CCOC3)cn2)OC1(C)C. The maximum atomic E-state index is 6.00. The maximum Gasteiger partial charge on any atom is 0.516 e. The van der Waals surface area contributed by atoms with Gasteiger partial charge in [0.2, 0.25) is 0 Å². The van der Waals surface area contributed by atoms with Gasteiger partial charge >= 0.3 is 7.12 Å². The van der Waals surface area contributed by atoms with Crippen molar-refractivity contribution in [3.8, 4) is 0 Å². The number of imidazole rings is 1. The fourth-order valence-electron chi connectivity index (χ4n) is 2.40. The van der Waals surface area contributed by atoms with Crippen LogP contribution in [0.3, 0.4) is 0 Å². The molecule has 1 atom stereocenters. The molecule has 0 amide bonds. The molecule has 0 aromatic carbocycles. The molecule has 1 aromatic rings. The Morgan fingerprint density at radius 1 is 1.26 bits per heavy atom. The van der Waals surface area contributed by atoms with E-state index in [4.69, 9.17) is 14.0 Å². The fourth-order valence-corrected chi connectivity index (χ4v) is 2.40. The van der Waals surface area contributed by atoms with Crippen LogP contribution in [-0.2, 0) is 14.0 Å². The Hall–Kier alpha value is -0.845. The minimum Gasteiger partial charge on any atom is -0.398 e. The summed E-state index contributed by atoms with van der Waals surface area (Å²) < 4.78 is 19.5. The predicted molar refractivity (Wildman–Crippen MR) is 72.4 cm³/mol. The Morgan fingerprint density at radius 2 is 1.95 bits per heavy atom. The molecule has 3 rings (SSSR count). The third-order valence-corrected chi connectivity index (χ3v) is 4.44. The lowest BCUT2D eigenvalue weighted by molar-refractivity contribution is 0.00578. The molecule has 2 fully saturated rings. The highest BCUT2D eigenvalue weighted by molar-refractivity contribution is 6.61. The van der Waals surface area contributed by atoms with Crippen molar-refractivity contribution in [3.63, 3.8) is 0 Å². The molecule has 0 saturated carbocycles. The molecule has 0 N–H and O–H groups in total. The van der Waals surface area contributed by atoms with Gasteiger partial charge in [-0.3, -0.25) is 0 Å². The van der Waals surface area contributed by atoms with Gasteiger partial charge in [-0.2, -0.15) is 0 Å². The highest BCUT2D eigenvalue weighted by Crippen LogP contribution is 2.36. The average Bonchev–Trinajstić information content (AvgIpc) is 3.00. The number of hydrogen-bond acceptors (Lipinski definition) is 4. The molecule has 2 saturated heterocycles.